The highest BCUT2D eigenvalue weighted by atomic mass is 15.0. The molecule has 1 aliphatic carbocycles. The van der Waals surface area contributed by atoms with Crippen LogP contribution >= 0.6 is 0 Å². The molecule has 0 amide bonds. The molecule has 10 aromatic carbocycles. The van der Waals surface area contributed by atoms with Crippen LogP contribution in [0.2, 0.25) is 0 Å². The maximum absolute atomic E-state index is 2.52. The van der Waals surface area contributed by atoms with Crippen LogP contribution in [0, 0.1) is 0 Å². The van der Waals surface area contributed by atoms with Gasteiger partial charge in [0.25, 0.3) is 0 Å². The first-order chi connectivity index (χ1) is 27.8. The molecule has 258 valence electrons. The van der Waals surface area contributed by atoms with Crippen LogP contribution < -0.4 is 0 Å². The molecule has 1 nitrogen and oxygen atoms in total. The van der Waals surface area contributed by atoms with Crippen molar-refractivity contribution in [3.8, 4) is 39.1 Å². The van der Waals surface area contributed by atoms with Crippen molar-refractivity contribution < 1.29 is 0 Å². The van der Waals surface area contributed by atoms with Gasteiger partial charge in [-0.3, -0.25) is 0 Å². The molecule has 1 heteroatoms. The Kier molecular flexibility index (Phi) is 5.89. The van der Waals surface area contributed by atoms with Crippen molar-refractivity contribution in [3.63, 3.8) is 0 Å². The third kappa shape index (κ3) is 3.70. The molecule has 0 N–H and O–H groups in total. The Balaban J connectivity index is 1.05. The molecule has 1 spiro atoms. The van der Waals surface area contributed by atoms with Crippen molar-refractivity contribution in [2.45, 2.75) is 5.41 Å². The van der Waals surface area contributed by atoms with Crippen LogP contribution in [-0.2, 0) is 5.41 Å². The molecule has 1 atom stereocenters. The second-order valence-electron chi connectivity index (χ2n) is 15.5. The second kappa shape index (κ2) is 10.9. The molecule has 13 rings (SSSR count). The average molecular weight is 708 g/mol. The zero-order valence-electron chi connectivity index (χ0n) is 30.5. The second-order valence-corrected chi connectivity index (χ2v) is 15.5. The predicted molar refractivity (Wildman–Crippen MR) is 235 cm³/mol. The fraction of sp³-hybridized carbons (Fsp3) is 0.0182. The van der Waals surface area contributed by atoms with E-state index in [1.807, 2.05) is 0 Å². The van der Waals surface area contributed by atoms with Crippen LogP contribution in [0.15, 0.2) is 200 Å². The zero-order chi connectivity index (χ0) is 36.5. The van der Waals surface area contributed by atoms with Crippen molar-refractivity contribution in [1.82, 2.24) is 4.57 Å². The van der Waals surface area contributed by atoms with E-state index in [1.165, 1.54) is 115 Å². The Hall–Kier alpha value is -7.22. The summed E-state index contributed by atoms with van der Waals surface area (Å²) in [5.41, 5.74) is 16.3. The smallest absolute Gasteiger partial charge is 0.0760 e. The molecule has 1 aromatic heterocycles. The van der Waals surface area contributed by atoms with E-state index >= 15 is 0 Å². The van der Waals surface area contributed by atoms with Crippen LogP contribution in [-0.4, -0.2) is 4.57 Å². The van der Waals surface area contributed by atoms with Crippen LogP contribution in [0.3, 0.4) is 0 Å². The summed E-state index contributed by atoms with van der Waals surface area (Å²) in [6.07, 6.45) is 0. The van der Waals surface area contributed by atoms with Crippen molar-refractivity contribution in [1.29, 1.82) is 0 Å². The van der Waals surface area contributed by atoms with Crippen molar-refractivity contribution in [3.05, 3.63) is 222 Å². The molecule has 0 saturated carbocycles. The minimum atomic E-state index is -0.496. The summed E-state index contributed by atoms with van der Waals surface area (Å²) in [6.45, 7) is 0. The summed E-state index contributed by atoms with van der Waals surface area (Å²) >= 11 is 0. The van der Waals surface area contributed by atoms with Crippen LogP contribution in [0.25, 0.3) is 93.2 Å². The first-order valence-electron chi connectivity index (χ1n) is 19.6. The molecule has 56 heavy (non-hydrogen) atoms. The Bertz CT molecular complexity index is 3440. The van der Waals surface area contributed by atoms with E-state index in [0.717, 1.165) is 0 Å². The van der Waals surface area contributed by atoms with Crippen LogP contribution in [0.1, 0.15) is 22.3 Å². The summed E-state index contributed by atoms with van der Waals surface area (Å²) in [6, 6.07) is 75.1. The van der Waals surface area contributed by atoms with Gasteiger partial charge in [0.05, 0.1) is 22.1 Å². The lowest BCUT2D eigenvalue weighted by Gasteiger charge is -2.40. The maximum Gasteiger partial charge on any atom is 0.0760 e. The molecular weight excluding hydrogens is 675 g/mol. The van der Waals surface area contributed by atoms with Crippen LogP contribution in [0.4, 0.5) is 0 Å². The molecule has 0 radical (unpaired) electrons. The van der Waals surface area contributed by atoms with Gasteiger partial charge >= 0.3 is 0 Å². The highest BCUT2D eigenvalue weighted by Gasteiger charge is 2.51. The highest BCUT2D eigenvalue weighted by Crippen LogP contribution is 2.62. The van der Waals surface area contributed by atoms with E-state index in [0.29, 0.717) is 0 Å². The number of rotatable bonds is 2. The first-order valence-corrected chi connectivity index (χ1v) is 19.6. The third-order valence-electron chi connectivity index (χ3n) is 13.0. The molecular formula is C55H33N. The van der Waals surface area contributed by atoms with E-state index in [1.54, 1.807) is 0 Å². The van der Waals surface area contributed by atoms with Gasteiger partial charge in [0.1, 0.15) is 0 Å². The van der Waals surface area contributed by atoms with E-state index in [4.69, 9.17) is 0 Å². The largest absolute Gasteiger partial charge is 0.309 e. The topological polar surface area (TPSA) is 4.93 Å². The Morgan fingerprint density at radius 3 is 1.61 bits per heavy atom. The van der Waals surface area contributed by atoms with E-state index in [2.05, 4.69) is 205 Å². The van der Waals surface area contributed by atoms with E-state index in [-0.39, 0.29) is 0 Å². The van der Waals surface area contributed by atoms with Crippen molar-refractivity contribution in [2.75, 3.05) is 0 Å². The van der Waals surface area contributed by atoms with Gasteiger partial charge in [-0.1, -0.05) is 182 Å². The number of nitrogens with zero attached hydrogens (tertiary/aromatic N) is 1. The lowest BCUT2D eigenvalue weighted by atomic mass is 9.64. The van der Waals surface area contributed by atoms with Gasteiger partial charge in [-0.15, -0.1) is 0 Å². The van der Waals surface area contributed by atoms with Gasteiger partial charge in [0, 0.05) is 10.8 Å². The fourth-order valence-electron chi connectivity index (χ4n) is 10.8. The summed E-state index contributed by atoms with van der Waals surface area (Å²) in [5, 5.41) is 10.4. The van der Waals surface area contributed by atoms with Crippen LogP contribution in [0.5, 0.6) is 0 Å². The van der Waals surface area contributed by atoms with Gasteiger partial charge in [-0.2, -0.15) is 0 Å². The number of fused-ring (bicyclic) bond motifs is 18. The number of hydrogen-bond donors (Lipinski definition) is 0. The lowest BCUT2D eigenvalue weighted by Crippen LogP contribution is -2.34. The zero-order valence-corrected chi connectivity index (χ0v) is 30.5. The molecule has 2 heterocycles. The standard InChI is InChI=1S/C55H33N/c1-2-15-40-38(13-1)39-14-3-4-16-41(39)47-33-36(31-32-42(40)47)34-27-29-35(30-28-34)37-19-11-20-45-43-17-5-7-22-48(43)55(53(37)45)49-23-8-10-26-52(49)56-51-25-9-6-18-44(51)46-21-12-24-50(55)54(46)56/h1-33H. The average Bonchev–Trinajstić information content (AvgIpc) is 3.77. The van der Waals surface area contributed by atoms with Gasteiger partial charge in [0.15, 0.2) is 0 Å². The SMILES string of the molecule is c1ccc2c(c1)-c1cccc(-c3ccc(-c4ccc5c6ccccc6c6ccccc6c5c4)cc3)c1C21c2ccccc2-n2c3ccccc3c3cccc1c32. The van der Waals surface area contributed by atoms with Gasteiger partial charge in [-0.25, -0.2) is 0 Å². The number of aromatic nitrogens is 1. The maximum atomic E-state index is 2.52. The Morgan fingerprint density at radius 1 is 0.304 bits per heavy atom. The predicted octanol–water partition coefficient (Wildman–Crippen LogP) is 14.3. The number of hydrogen-bond acceptors (Lipinski definition) is 0. The molecule has 1 unspecified atom stereocenters. The Morgan fingerprint density at radius 2 is 0.821 bits per heavy atom. The summed E-state index contributed by atoms with van der Waals surface area (Å²) < 4.78 is 2.52. The Labute approximate surface area is 324 Å². The molecule has 0 saturated heterocycles. The monoisotopic (exact) mass is 707 g/mol. The first kappa shape index (κ1) is 30.1. The minimum Gasteiger partial charge on any atom is -0.309 e. The minimum absolute atomic E-state index is 0.496. The van der Waals surface area contributed by atoms with Crippen molar-refractivity contribution >= 4 is 54.1 Å². The summed E-state index contributed by atoms with van der Waals surface area (Å²) in [5.74, 6) is 0. The summed E-state index contributed by atoms with van der Waals surface area (Å²) in [7, 11) is 0. The van der Waals surface area contributed by atoms with Gasteiger partial charge in [0.2, 0.25) is 0 Å². The van der Waals surface area contributed by atoms with Gasteiger partial charge in [-0.05, 0) is 106 Å². The molecule has 1 aliphatic heterocycles. The van der Waals surface area contributed by atoms with Gasteiger partial charge < -0.3 is 4.57 Å². The number of benzene rings is 10. The lowest BCUT2D eigenvalue weighted by molar-refractivity contribution is 0.750. The molecule has 0 fully saturated rings. The third-order valence-corrected chi connectivity index (χ3v) is 13.0. The summed E-state index contributed by atoms with van der Waals surface area (Å²) in [4.78, 5) is 0. The quantitative estimate of drug-likeness (QED) is 0.158. The van der Waals surface area contributed by atoms with Crippen molar-refractivity contribution in [2.24, 2.45) is 0 Å². The molecule has 0 bridgehead atoms. The highest BCUT2D eigenvalue weighted by molar-refractivity contribution is 6.25. The van der Waals surface area contributed by atoms with E-state index in [9.17, 15) is 0 Å². The fourth-order valence-corrected chi connectivity index (χ4v) is 10.8. The number of para-hydroxylation sites is 3. The normalized spacial score (nSPS) is 15.2. The van der Waals surface area contributed by atoms with E-state index < -0.39 is 5.41 Å². The molecule has 11 aromatic rings. The molecule has 2 aliphatic rings.